The first-order chi connectivity index (χ1) is 11.8. The number of nitro groups is 1. The number of halogens is 1. The van der Waals surface area contributed by atoms with E-state index in [1.807, 2.05) is 13.0 Å². The zero-order chi connectivity index (χ0) is 18.6. The van der Waals surface area contributed by atoms with Crippen molar-refractivity contribution in [3.63, 3.8) is 0 Å². The minimum absolute atomic E-state index is 0.368. The predicted molar refractivity (Wildman–Crippen MR) is 89.5 cm³/mol. The third kappa shape index (κ3) is 4.76. The van der Waals surface area contributed by atoms with E-state index >= 15 is 0 Å². The normalized spacial score (nSPS) is 10.6. The molecule has 0 unspecified atom stereocenters. The van der Waals surface area contributed by atoms with Crippen molar-refractivity contribution >= 4 is 11.7 Å². The molecule has 0 aliphatic heterocycles. The van der Waals surface area contributed by atoms with Gasteiger partial charge in [-0.3, -0.25) is 10.1 Å². The molecule has 0 saturated carbocycles. The predicted octanol–water partition coefficient (Wildman–Crippen LogP) is 4.15. The molecular formula is C18H18FNO5. The lowest BCUT2D eigenvalue weighted by molar-refractivity contribution is -0.385. The van der Waals surface area contributed by atoms with E-state index in [2.05, 4.69) is 13.8 Å². The van der Waals surface area contributed by atoms with Gasteiger partial charge in [0.1, 0.15) is 11.6 Å². The quantitative estimate of drug-likeness (QED) is 0.339. The molecule has 0 N–H and O–H groups in total. The van der Waals surface area contributed by atoms with Gasteiger partial charge in [0.25, 0.3) is 0 Å². The number of carbonyl (C=O) groups excluding carboxylic acids is 1. The Kier molecular flexibility index (Phi) is 5.69. The number of carbonyl (C=O) groups is 1. The molecule has 0 aromatic heterocycles. The zero-order valence-electron chi connectivity index (χ0n) is 14.1. The molecule has 0 bridgehead atoms. The largest absolute Gasteiger partial charge is 0.482 e. The second-order valence-corrected chi connectivity index (χ2v) is 5.80. The highest BCUT2D eigenvalue weighted by molar-refractivity contribution is 5.75. The van der Waals surface area contributed by atoms with Gasteiger partial charge >= 0.3 is 11.7 Å². The molecular weight excluding hydrogens is 329 g/mol. The molecule has 132 valence electrons. The Labute approximate surface area is 144 Å². The van der Waals surface area contributed by atoms with E-state index in [0.717, 1.165) is 23.8 Å². The molecule has 0 fully saturated rings. The Morgan fingerprint density at radius 1 is 1.24 bits per heavy atom. The Bertz CT molecular complexity index is 804. The lowest BCUT2D eigenvalue weighted by Gasteiger charge is -2.12. The summed E-state index contributed by atoms with van der Waals surface area (Å²) in [6.45, 7) is 5.64. The van der Waals surface area contributed by atoms with Crippen LogP contribution < -0.4 is 9.47 Å². The van der Waals surface area contributed by atoms with E-state index in [9.17, 15) is 19.3 Å². The molecule has 0 radical (unpaired) electrons. The highest BCUT2D eigenvalue weighted by Gasteiger charge is 2.19. The van der Waals surface area contributed by atoms with Crippen molar-refractivity contribution in [1.29, 1.82) is 0 Å². The highest BCUT2D eigenvalue weighted by atomic mass is 19.1. The first-order valence-corrected chi connectivity index (χ1v) is 7.66. The van der Waals surface area contributed by atoms with E-state index in [0.29, 0.717) is 11.7 Å². The minimum atomic E-state index is -0.862. The van der Waals surface area contributed by atoms with Crippen LogP contribution in [-0.4, -0.2) is 17.5 Å². The van der Waals surface area contributed by atoms with Crippen LogP contribution >= 0.6 is 0 Å². The van der Waals surface area contributed by atoms with Crippen molar-refractivity contribution < 1.29 is 23.6 Å². The third-order valence-corrected chi connectivity index (χ3v) is 3.56. The van der Waals surface area contributed by atoms with Crippen molar-refractivity contribution in [2.45, 2.75) is 26.7 Å². The summed E-state index contributed by atoms with van der Waals surface area (Å²) in [6.07, 6.45) is 0. The molecule has 0 aliphatic carbocycles. The maximum atomic E-state index is 13.2. The van der Waals surface area contributed by atoms with E-state index in [1.54, 1.807) is 12.1 Å². The number of hydrogen-bond donors (Lipinski definition) is 0. The summed E-state index contributed by atoms with van der Waals surface area (Å²) in [7, 11) is 0. The Hall–Kier alpha value is -2.96. The average Bonchev–Trinajstić information content (AvgIpc) is 2.52. The van der Waals surface area contributed by atoms with Gasteiger partial charge in [-0.2, -0.15) is 0 Å². The van der Waals surface area contributed by atoms with Gasteiger partial charge in [0.15, 0.2) is 6.61 Å². The highest BCUT2D eigenvalue weighted by Crippen LogP contribution is 2.28. The molecule has 2 aromatic rings. The fourth-order valence-electron chi connectivity index (χ4n) is 2.40. The van der Waals surface area contributed by atoms with Crippen LogP contribution in [0.3, 0.4) is 0 Å². The second-order valence-electron chi connectivity index (χ2n) is 5.80. The number of aryl methyl sites for hydroxylation is 1. The monoisotopic (exact) mass is 347 g/mol. The van der Waals surface area contributed by atoms with Crippen molar-refractivity contribution in [2.24, 2.45) is 0 Å². The number of esters is 1. The van der Waals surface area contributed by atoms with Crippen LogP contribution in [-0.2, 0) is 4.79 Å². The summed E-state index contributed by atoms with van der Waals surface area (Å²) in [5.41, 5.74) is 1.71. The molecule has 0 heterocycles. The van der Waals surface area contributed by atoms with Gasteiger partial charge in [-0.15, -0.1) is 0 Å². The van der Waals surface area contributed by atoms with Gasteiger partial charge in [-0.05, 0) is 42.2 Å². The van der Waals surface area contributed by atoms with Gasteiger partial charge in [-0.25, -0.2) is 9.18 Å². The summed E-state index contributed by atoms with van der Waals surface area (Å²) in [6, 6.07) is 8.10. The first-order valence-electron chi connectivity index (χ1n) is 7.66. The summed E-state index contributed by atoms with van der Waals surface area (Å²) < 4.78 is 23.4. The van der Waals surface area contributed by atoms with Crippen LogP contribution in [0.1, 0.15) is 30.9 Å². The Morgan fingerprint density at radius 2 is 1.96 bits per heavy atom. The molecule has 0 atom stereocenters. The number of hydrogen-bond acceptors (Lipinski definition) is 5. The molecule has 0 saturated heterocycles. The SMILES string of the molecule is Cc1cc(OCC(=O)Oc2cc(F)ccc2[N+](=O)[O-])ccc1C(C)C. The van der Waals surface area contributed by atoms with Crippen molar-refractivity contribution in [1.82, 2.24) is 0 Å². The van der Waals surface area contributed by atoms with Gasteiger partial charge in [0.2, 0.25) is 5.75 Å². The lowest BCUT2D eigenvalue weighted by atomic mass is 9.98. The van der Waals surface area contributed by atoms with E-state index in [4.69, 9.17) is 9.47 Å². The smallest absolute Gasteiger partial charge is 0.349 e. The fourth-order valence-corrected chi connectivity index (χ4v) is 2.40. The number of ether oxygens (including phenoxy) is 2. The van der Waals surface area contributed by atoms with Crippen LogP contribution in [0.5, 0.6) is 11.5 Å². The van der Waals surface area contributed by atoms with Gasteiger partial charge in [0, 0.05) is 12.1 Å². The fraction of sp³-hybridized carbons (Fsp3) is 0.278. The summed E-state index contributed by atoms with van der Waals surface area (Å²) in [5, 5.41) is 10.9. The van der Waals surface area contributed by atoms with Crippen LogP contribution in [0.15, 0.2) is 36.4 Å². The number of rotatable bonds is 6. The van der Waals surface area contributed by atoms with Crippen LogP contribution in [0.2, 0.25) is 0 Å². The second kappa shape index (κ2) is 7.74. The topological polar surface area (TPSA) is 78.7 Å². The van der Waals surface area contributed by atoms with Crippen LogP contribution in [0.25, 0.3) is 0 Å². The maximum absolute atomic E-state index is 13.2. The van der Waals surface area contributed by atoms with Gasteiger partial charge < -0.3 is 9.47 Å². The average molecular weight is 347 g/mol. The summed E-state index contributed by atoms with van der Waals surface area (Å²) in [4.78, 5) is 22.0. The maximum Gasteiger partial charge on any atom is 0.349 e. The summed E-state index contributed by atoms with van der Waals surface area (Å²) in [5.74, 6) is -1.21. The number of nitro benzene ring substituents is 1. The lowest BCUT2D eigenvalue weighted by Crippen LogP contribution is -2.18. The molecule has 0 amide bonds. The van der Waals surface area contributed by atoms with Gasteiger partial charge in [-0.1, -0.05) is 19.9 Å². The van der Waals surface area contributed by atoms with Crippen LogP contribution in [0, 0.1) is 22.9 Å². The minimum Gasteiger partial charge on any atom is -0.482 e. The first kappa shape index (κ1) is 18.4. The zero-order valence-corrected chi connectivity index (χ0v) is 14.1. The molecule has 7 heteroatoms. The Balaban J connectivity index is 2.03. The Morgan fingerprint density at radius 3 is 2.56 bits per heavy atom. The molecule has 2 aromatic carbocycles. The number of benzene rings is 2. The molecule has 0 spiro atoms. The molecule has 0 aliphatic rings. The number of nitrogens with zero attached hydrogens (tertiary/aromatic N) is 1. The van der Waals surface area contributed by atoms with Crippen molar-refractivity contribution in [2.75, 3.05) is 6.61 Å². The van der Waals surface area contributed by atoms with Crippen molar-refractivity contribution in [3.8, 4) is 11.5 Å². The van der Waals surface area contributed by atoms with E-state index in [-0.39, 0.29) is 0 Å². The third-order valence-electron chi connectivity index (χ3n) is 3.56. The van der Waals surface area contributed by atoms with E-state index < -0.39 is 34.8 Å². The summed E-state index contributed by atoms with van der Waals surface area (Å²) >= 11 is 0. The van der Waals surface area contributed by atoms with Crippen molar-refractivity contribution in [3.05, 3.63) is 63.5 Å². The van der Waals surface area contributed by atoms with Crippen LogP contribution in [0.4, 0.5) is 10.1 Å². The standard InChI is InChI=1S/C18H18FNO5/c1-11(2)15-6-5-14(8-12(15)3)24-10-18(21)25-17-9-13(19)4-7-16(17)20(22)23/h4-9,11H,10H2,1-3H3. The molecule has 6 nitrogen and oxygen atoms in total. The molecule has 25 heavy (non-hydrogen) atoms. The van der Waals surface area contributed by atoms with E-state index in [1.165, 1.54) is 5.56 Å². The van der Waals surface area contributed by atoms with Gasteiger partial charge in [0.05, 0.1) is 4.92 Å². The molecule has 2 rings (SSSR count).